The molecular weight excluding hydrogens is 272 g/mol. The Kier molecular flexibility index (Phi) is 4.53. The summed E-state index contributed by atoms with van der Waals surface area (Å²) in [7, 11) is -2.81. The molecule has 1 saturated carbocycles. The summed E-state index contributed by atoms with van der Waals surface area (Å²) in [5, 5.41) is 0. The van der Waals surface area contributed by atoms with Crippen molar-refractivity contribution in [3.05, 3.63) is 0 Å². The Hall–Kier alpha value is -0.130. The van der Waals surface area contributed by atoms with Crippen molar-refractivity contribution < 1.29 is 8.42 Å². The van der Waals surface area contributed by atoms with Gasteiger partial charge in [0.05, 0.1) is 11.5 Å². The van der Waals surface area contributed by atoms with Crippen LogP contribution in [0.5, 0.6) is 0 Å². The molecule has 5 heteroatoms. The van der Waals surface area contributed by atoms with E-state index in [2.05, 4.69) is 25.7 Å². The lowest BCUT2D eigenvalue weighted by atomic mass is 9.67. The molecule has 118 valence electrons. The predicted octanol–water partition coefficient (Wildman–Crippen LogP) is 1.65. The highest BCUT2D eigenvalue weighted by atomic mass is 32.2. The van der Waals surface area contributed by atoms with Gasteiger partial charge in [-0.1, -0.05) is 20.8 Å². The van der Waals surface area contributed by atoms with Gasteiger partial charge in [-0.3, -0.25) is 4.90 Å². The van der Waals surface area contributed by atoms with E-state index in [9.17, 15) is 8.42 Å². The molecule has 0 unspecified atom stereocenters. The maximum absolute atomic E-state index is 11.6. The fourth-order valence-corrected chi connectivity index (χ4v) is 5.06. The van der Waals surface area contributed by atoms with Gasteiger partial charge in [-0.15, -0.1) is 0 Å². The van der Waals surface area contributed by atoms with Gasteiger partial charge in [0.2, 0.25) is 0 Å². The van der Waals surface area contributed by atoms with Crippen LogP contribution in [-0.4, -0.2) is 50.0 Å². The van der Waals surface area contributed by atoms with Crippen LogP contribution in [0.4, 0.5) is 0 Å². The smallest absolute Gasteiger partial charge is 0.152 e. The number of hydrogen-bond acceptors (Lipinski definition) is 4. The molecule has 0 radical (unpaired) electrons. The summed E-state index contributed by atoms with van der Waals surface area (Å²) in [5.74, 6) is 1.37. The molecule has 20 heavy (non-hydrogen) atoms. The Morgan fingerprint density at radius 2 is 1.65 bits per heavy atom. The lowest BCUT2D eigenvalue weighted by molar-refractivity contribution is 0.0266. The fraction of sp³-hybridized carbons (Fsp3) is 1.00. The molecule has 0 atom stereocenters. The van der Waals surface area contributed by atoms with Crippen molar-refractivity contribution in [1.82, 2.24) is 4.90 Å². The molecule has 0 bridgehead atoms. The van der Waals surface area contributed by atoms with Crippen LogP contribution in [0.15, 0.2) is 0 Å². The van der Waals surface area contributed by atoms with Crippen LogP contribution in [-0.2, 0) is 9.84 Å². The van der Waals surface area contributed by atoms with E-state index in [1.54, 1.807) is 0 Å². The van der Waals surface area contributed by atoms with Gasteiger partial charge in [-0.25, -0.2) is 8.42 Å². The van der Waals surface area contributed by atoms with E-state index in [4.69, 9.17) is 5.73 Å². The van der Waals surface area contributed by atoms with E-state index in [1.165, 1.54) is 12.8 Å². The van der Waals surface area contributed by atoms with E-state index in [-0.39, 0.29) is 5.54 Å². The van der Waals surface area contributed by atoms with Crippen LogP contribution in [0.2, 0.25) is 0 Å². The lowest BCUT2D eigenvalue weighted by Crippen LogP contribution is -2.60. The summed E-state index contributed by atoms with van der Waals surface area (Å²) in [6.45, 7) is 8.95. The number of hydrogen-bond donors (Lipinski definition) is 1. The minimum Gasteiger partial charge on any atom is -0.329 e. The van der Waals surface area contributed by atoms with Gasteiger partial charge < -0.3 is 5.73 Å². The van der Waals surface area contributed by atoms with Gasteiger partial charge >= 0.3 is 0 Å². The van der Waals surface area contributed by atoms with Gasteiger partial charge in [0.1, 0.15) is 0 Å². The highest BCUT2D eigenvalue weighted by molar-refractivity contribution is 7.91. The van der Waals surface area contributed by atoms with E-state index in [1.807, 2.05) is 0 Å². The minimum atomic E-state index is -2.81. The first-order valence-corrected chi connectivity index (χ1v) is 9.66. The molecule has 1 aliphatic carbocycles. The molecule has 1 aliphatic heterocycles. The monoisotopic (exact) mass is 302 g/mol. The Bertz CT molecular complexity index is 417. The van der Waals surface area contributed by atoms with Crippen molar-refractivity contribution in [2.45, 2.75) is 52.0 Å². The van der Waals surface area contributed by atoms with Crippen LogP contribution in [0.3, 0.4) is 0 Å². The quantitative estimate of drug-likeness (QED) is 0.842. The van der Waals surface area contributed by atoms with Crippen LogP contribution >= 0.6 is 0 Å². The first-order chi connectivity index (χ1) is 9.19. The summed E-state index contributed by atoms with van der Waals surface area (Å²) in [4.78, 5) is 2.37. The third-order valence-electron chi connectivity index (χ3n) is 5.54. The van der Waals surface area contributed by atoms with Crippen molar-refractivity contribution in [3.8, 4) is 0 Å². The third kappa shape index (κ3) is 3.37. The van der Waals surface area contributed by atoms with Crippen LogP contribution in [0.25, 0.3) is 0 Å². The maximum atomic E-state index is 11.6. The maximum Gasteiger partial charge on any atom is 0.152 e. The zero-order chi connectivity index (χ0) is 15.0. The predicted molar refractivity (Wildman–Crippen MR) is 83.4 cm³/mol. The van der Waals surface area contributed by atoms with Crippen molar-refractivity contribution in [3.63, 3.8) is 0 Å². The molecule has 2 rings (SSSR count). The summed E-state index contributed by atoms with van der Waals surface area (Å²) in [6, 6.07) is 0. The van der Waals surface area contributed by atoms with Crippen molar-refractivity contribution >= 4 is 9.84 Å². The fourth-order valence-electron chi connectivity index (χ4n) is 3.86. The zero-order valence-electron chi connectivity index (χ0n) is 13.2. The Balaban J connectivity index is 2.02. The van der Waals surface area contributed by atoms with E-state index >= 15 is 0 Å². The first kappa shape index (κ1) is 16.2. The van der Waals surface area contributed by atoms with Gasteiger partial charge in [0.25, 0.3) is 0 Å². The molecule has 1 saturated heterocycles. The first-order valence-electron chi connectivity index (χ1n) is 7.84. The molecule has 0 aromatic rings. The molecule has 0 amide bonds. The van der Waals surface area contributed by atoms with Gasteiger partial charge in [-0.2, -0.15) is 0 Å². The molecule has 0 aromatic heterocycles. The third-order valence-corrected chi connectivity index (χ3v) is 7.15. The molecular formula is C15H30N2O2S. The van der Waals surface area contributed by atoms with Crippen LogP contribution in [0.1, 0.15) is 46.5 Å². The number of sulfone groups is 1. The molecule has 2 aliphatic rings. The van der Waals surface area contributed by atoms with Crippen molar-refractivity contribution in [1.29, 1.82) is 0 Å². The normalized spacial score (nSPS) is 35.9. The molecule has 0 spiro atoms. The highest BCUT2D eigenvalue weighted by Crippen LogP contribution is 2.43. The SMILES string of the molecule is CC(C)(C)C1CCC(CN)(N2CCS(=O)(=O)CC2)CC1. The molecule has 0 aromatic carbocycles. The Labute approximate surface area is 124 Å². The van der Waals surface area contributed by atoms with Gasteiger partial charge in [0, 0.05) is 25.2 Å². The van der Waals surface area contributed by atoms with E-state index in [0.717, 1.165) is 18.8 Å². The second-order valence-corrected chi connectivity index (χ2v) is 10.0. The largest absolute Gasteiger partial charge is 0.329 e. The topological polar surface area (TPSA) is 63.4 Å². The van der Waals surface area contributed by atoms with Gasteiger partial charge in [-0.05, 0) is 37.0 Å². The Morgan fingerprint density at radius 3 is 2.05 bits per heavy atom. The molecule has 1 heterocycles. The minimum absolute atomic E-state index is 0.0533. The average Bonchev–Trinajstić information content (AvgIpc) is 2.37. The number of rotatable bonds is 2. The van der Waals surface area contributed by atoms with Crippen LogP contribution < -0.4 is 5.73 Å². The number of nitrogens with two attached hydrogens (primary N) is 1. The standard InChI is InChI=1S/C15H30N2O2S/c1-14(2,3)13-4-6-15(12-16,7-5-13)17-8-10-20(18,19)11-9-17/h13H,4-12,16H2,1-3H3. The van der Waals surface area contributed by atoms with E-state index < -0.39 is 9.84 Å². The highest BCUT2D eigenvalue weighted by Gasteiger charge is 2.43. The second kappa shape index (κ2) is 5.58. The second-order valence-electron chi connectivity index (χ2n) is 7.71. The number of nitrogens with zero attached hydrogens (tertiary/aromatic N) is 1. The summed E-state index contributed by atoms with van der Waals surface area (Å²) < 4.78 is 23.2. The van der Waals surface area contributed by atoms with Crippen molar-refractivity contribution in [2.24, 2.45) is 17.1 Å². The van der Waals surface area contributed by atoms with Crippen molar-refractivity contribution in [2.75, 3.05) is 31.1 Å². The van der Waals surface area contributed by atoms with Gasteiger partial charge in [0.15, 0.2) is 9.84 Å². The molecule has 2 fully saturated rings. The van der Waals surface area contributed by atoms with E-state index in [0.29, 0.717) is 36.6 Å². The average molecular weight is 302 g/mol. The molecule has 2 N–H and O–H groups in total. The summed E-state index contributed by atoms with van der Waals surface area (Å²) in [5.41, 5.74) is 6.52. The summed E-state index contributed by atoms with van der Waals surface area (Å²) >= 11 is 0. The molecule has 4 nitrogen and oxygen atoms in total. The summed E-state index contributed by atoms with van der Waals surface area (Å²) in [6.07, 6.45) is 4.66. The Morgan fingerprint density at radius 1 is 1.15 bits per heavy atom. The lowest BCUT2D eigenvalue weighted by Gasteiger charge is -2.50. The zero-order valence-corrected chi connectivity index (χ0v) is 14.0. The van der Waals surface area contributed by atoms with Crippen LogP contribution in [0, 0.1) is 11.3 Å².